The molecule has 1 amide bonds. The van der Waals surface area contributed by atoms with Gasteiger partial charge in [0.1, 0.15) is 0 Å². The minimum absolute atomic E-state index is 0.0315. The van der Waals surface area contributed by atoms with Crippen molar-refractivity contribution in [2.45, 2.75) is 31.6 Å². The van der Waals surface area contributed by atoms with Gasteiger partial charge >= 0.3 is 0 Å². The quantitative estimate of drug-likeness (QED) is 0.596. The minimum atomic E-state index is 0.0315. The van der Waals surface area contributed by atoms with Crippen LogP contribution in [0.1, 0.15) is 35.4 Å². The molecular formula is C20H22N4O. The topological polar surface area (TPSA) is 79.5 Å². The summed E-state index contributed by atoms with van der Waals surface area (Å²) in [6, 6.07) is 14.3. The third-order valence-corrected chi connectivity index (χ3v) is 4.96. The van der Waals surface area contributed by atoms with Crippen molar-refractivity contribution in [2.24, 2.45) is 10.7 Å². The zero-order valence-corrected chi connectivity index (χ0v) is 14.1. The van der Waals surface area contributed by atoms with Crippen molar-refractivity contribution < 1.29 is 4.79 Å². The van der Waals surface area contributed by atoms with Crippen molar-refractivity contribution in [1.82, 2.24) is 0 Å². The normalized spacial score (nSPS) is 19.1. The summed E-state index contributed by atoms with van der Waals surface area (Å²) >= 11 is 0. The Kier molecular flexibility index (Phi) is 4.14. The van der Waals surface area contributed by atoms with Crippen molar-refractivity contribution in [1.29, 1.82) is 0 Å². The maximum atomic E-state index is 11.9. The van der Waals surface area contributed by atoms with Crippen LogP contribution in [0, 0.1) is 0 Å². The Morgan fingerprint density at radius 3 is 2.96 bits per heavy atom. The Bertz CT molecular complexity index is 843. The third-order valence-electron chi connectivity index (χ3n) is 4.96. The number of benzene rings is 2. The van der Waals surface area contributed by atoms with Crippen molar-refractivity contribution in [3.8, 4) is 0 Å². The van der Waals surface area contributed by atoms with Crippen LogP contribution in [0.4, 0.5) is 11.4 Å². The lowest BCUT2D eigenvalue weighted by Crippen LogP contribution is -2.27. The lowest BCUT2D eigenvalue weighted by Gasteiger charge is -2.24. The molecule has 5 heteroatoms. The molecule has 5 nitrogen and oxygen atoms in total. The first-order chi connectivity index (χ1) is 12.2. The van der Waals surface area contributed by atoms with E-state index < -0.39 is 0 Å². The number of carbonyl (C=O) groups excluding carboxylic acids is 1. The SMILES string of the molecule is NC(=NCC1CC(=O)Nc2ccccc21)Nc1ccc2c(c1)CCC2. The molecule has 1 atom stereocenters. The molecule has 25 heavy (non-hydrogen) atoms. The minimum Gasteiger partial charge on any atom is -0.370 e. The molecule has 2 aromatic rings. The van der Waals surface area contributed by atoms with Gasteiger partial charge in [0.2, 0.25) is 5.91 Å². The number of rotatable bonds is 3. The number of fused-ring (bicyclic) bond motifs is 2. The lowest BCUT2D eigenvalue weighted by atomic mass is 9.91. The summed E-state index contributed by atoms with van der Waals surface area (Å²) in [6.07, 6.45) is 3.97. The largest absolute Gasteiger partial charge is 0.370 e. The first-order valence-corrected chi connectivity index (χ1v) is 8.76. The average molecular weight is 334 g/mol. The van der Waals surface area contributed by atoms with Crippen molar-refractivity contribution in [3.63, 3.8) is 0 Å². The lowest BCUT2D eigenvalue weighted by molar-refractivity contribution is -0.116. The number of hydrogen-bond acceptors (Lipinski definition) is 2. The van der Waals surface area contributed by atoms with E-state index in [1.165, 1.54) is 24.0 Å². The first kappa shape index (κ1) is 15.7. The third kappa shape index (κ3) is 3.36. The van der Waals surface area contributed by atoms with Gasteiger partial charge in [0.25, 0.3) is 0 Å². The number of guanidine groups is 1. The second kappa shape index (κ2) is 6.59. The monoisotopic (exact) mass is 334 g/mol. The van der Waals surface area contributed by atoms with Gasteiger partial charge in [0, 0.05) is 23.7 Å². The molecule has 0 radical (unpaired) electrons. The molecule has 0 saturated heterocycles. The summed E-state index contributed by atoms with van der Waals surface area (Å²) in [4.78, 5) is 16.3. The Morgan fingerprint density at radius 2 is 2.04 bits per heavy atom. The first-order valence-electron chi connectivity index (χ1n) is 8.76. The number of nitrogens with two attached hydrogens (primary N) is 1. The zero-order chi connectivity index (χ0) is 17.2. The van der Waals surface area contributed by atoms with Crippen molar-refractivity contribution >= 4 is 23.2 Å². The molecule has 2 aliphatic rings. The summed E-state index contributed by atoms with van der Waals surface area (Å²) in [6.45, 7) is 0.494. The maximum absolute atomic E-state index is 11.9. The fourth-order valence-electron chi connectivity index (χ4n) is 3.71. The van der Waals surface area contributed by atoms with Crippen molar-refractivity contribution in [2.75, 3.05) is 17.2 Å². The summed E-state index contributed by atoms with van der Waals surface area (Å²) in [5.74, 6) is 0.482. The van der Waals surface area contributed by atoms with Gasteiger partial charge in [0.05, 0.1) is 6.54 Å². The van der Waals surface area contributed by atoms with Crippen LogP contribution in [0.25, 0.3) is 0 Å². The van der Waals surface area contributed by atoms with Crippen LogP contribution in [0.2, 0.25) is 0 Å². The van der Waals surface area contributed by atoms with E-state index in [2.05, 4.69) is 33.8 Å². The van der Waals surface area contributed by atoms with Crippen LogP contribution in [0.5, 0.6) is 0 Å². The molecule has 1 aliphatic heterocycles. The van der Waals surface area contributed by atoms with E-state index in [9.17, 15) is 4.79 Å². The fourth-order valence-corrected chi connectivity index (χ4v) is 3.71. The Balaban J connectivity index is 1.45. The van der Waals surface area contributed by atoms with E-state index >= 15 is 0 Å². The van der Waals surface area contributed by atoms with Gasteiger partial charge in [-0.25, -0.2) is 0 Å². The second-order valence-electron chi connectivity index (χ2n) is 6.72. The Labute approximate surface area is 147 Å². The van der Waals surface area contributed by atoms with Gasteiger partial charge < -0.3 is 16.4 Å². The summed E-state index contributed by atoms with van der Waals surface area (Å²) in [7, 11) is 0. The molecule has 0 saturated carbocycles. The number of nitrogens with one attached hydrogen (secondary N) is 2. The average Bonchev–Trinajstić information content (AvgIpc) is 3.07. The molecule has 0 bridgehead atoms. The van der Waals surface area contributed by atoms with E-state index in [0.29, 0.717) is 18.9 Å². The number of hydrogen-bond donors (Lipinski definition) is 3. The molecular weight excluding hydrogens is 312 g/mol. The van der Waals surface area contributed by atoms with Gasteiger partial charge in [0.15, 0.2) is 5.96 Å². The van der Waals surface area contributed by atoms with Gasteiger partial charge in [-0.3, -0.25) is 9.79 Å². The molecule has 2 aromatic carbocycles. The number of aliphatic imine (C=N–C) groups is 1. The molecule has 128 valence electrons. The molecule has 4 rings (SSSR count). The highest BCUT2D eigenvalue weighted by Gasteiger charge is 2.24. The highest BCUT2D eigenvalue weighted by Crippen LogP contribution is 2.32. The van der Waals surface area contributed by atoms with E-state index in [-0.39, 0.29) is 11.8 Å². The van der Waals surface area contributed by atoms with Gasteiger partial charge in [-0.1, -0.05) is 24.3 Å². The number of aryl methyl sites for hydroxylation is 2. The number of amides is 1. The van der Waals surface area contributed by atoms with Crippen LogP contribution < -0.4 is 16.4 Å². The molecule has 1 heterocycles. The predicted molar refractivity (Wildman–Crippen MR) is 101 cm³/mol. The number of anilines is 2. The van der Waals surface area contributed by atoms with Gasteiger partial charge in [-0.2, -0.15) is 0 Å². The maximum Gasteiger partial charge on any atom is 0.225 e. The molecule has 1 unspecified atom stereocenters. The van der Waals surface area contributed by atoms with E-state index in [0.717, 1.165) is 23.4 Å². The summed E-state index contributed by atoms with van der Waals surface area (Å²) in [5.41, 5.74) is 11.9. The summed E-state index contributed by atoms with van der Waals surface area (Å²) in [5, 5.41) is 6.08. The number of nitrogens with zero attached hydrogens (tertiary/aromatic N) is 1. The molecule has 1 aliphatic carbocycles. The fraction of sp³-hybridized carbons (Fsp3) is 0.300. The zero-order valence-electron chi connectivity index (χ0n) is 14.1. The Morgan fingerprint density at radius 1 is 1.20 bits per heavy atom. The van der Waals surface area contributed by atoms with Gasteiger partial charge in [-0.15, -0.1) is 0 Å². The van der Waals surface area contributed by atoms with Crippen LogP contribution in [0.15, 0.2) is 47.5 Å². The number of carbonyl (C=O) groups is 1. The summed E-state index contributed by atoms with van der Waals surface area (Å²) < 4.78 is 0. The van der Waals surface area contributed by atoms with E-state index in [4.69, 9.17) is 5.73 Å². The van der Waals surface area contributed by atoms with Gasteiger partial charge in [-0.05, 0) is 54.2 Å². The smallest absolute Gasteiger partial charge is 0.225 e. The highest BCUT2D eigenvalue weighted by molar-refractivity contribution is 5.95. The van der Waals surface area contributed by atoms with Crippen LogP contribution in [-0.4, -0.2) is 18.4 Å². The van der Waals surface area contributed by atoms with Crippen LogP contribution in [-0.2, 0) is 17.6 Å². The number of para-hydroxylation sites is 1. The second-order valence-corrected chi connectivity index (χ2v) is 6.72. The van der Waals surface area contributed by atoms with Crippen LogP contribution in [0.3, 0.4) is 0 Å². The molecule has 0 spiro atoms. The van der Waals surface area contributed by atoms with Crippen LogP contribution >= 0.6 is 0 Å². The predicted octanol–water partition coefficient (Wildman–Crippen LogP) is 3.03. The standard InChI is InChI=1S/C20H22N4O/c21-20(23-16-9-8-13-4-3-5-14(13)10-16)22-12-15-11-19(25)24-18-7-2-1-6-17(15)18/h1-2,6-10,15H,3-5,11-12H2,(H,24,25)(H3,21,22,23). The van der Waals surface area contributed by atoms with E-state index in [1.807, 2.05) is 24.3 Å². The molecule has 0 aromatic heterocycles. The highest BCUT2D eigenvalue weighted by atomic mass is 16.1. The van der Waals surface area contributed by atoms with Crippen molar-refractivity contribution in [3.05, 3.63) is 59.2 Å². The Hall–Kier alpha value is -2.82. The molecule has 4 N–H and O–H groups in total. The molecule has 0 fully saturated rings. The van der Waals surface area contributed by atoms with E-state index in [1.54, 1.807) is 0 Å².